The summed E-state index contributed by atoms with van der Waals surface area (Å²) >= 11 is 0. The van der Waals surface area contributed by atoms with Gasteiger partial charge in [0.05, 0.1) is 18.8 Å². The second-order valence-corrected chi connectivity index (χ2v) is 4.14. The molecule has 0 aromatic carbocycles. The molecule has 2 atom stereocenters. The molecule has 0 aromatic heterocycles. The van der Waals surface area contributed by atoms with Gasteiger partial charge in [-0.2, -0.15) is 0 Å². The molecule has 0 heterocycles. The molecule has 0 saturated heterocycles. The number of unbranched alkanes of at least 4 members (excludes halogenated alkanes) is 3. The molecule has 0 aliphatic heterocycles. The van der Waals surface area contributed by atoms with Gasteiger partial charge in [0.2, 0.25) is 5.91 Å². The Labute approximate surface area is 98.1 Å². The standard InChI is InChI=1S/C12H25NO3/c1-3-5-6-7-8-12(16)13-10(9-14)11(15)4-2/h10-11,14-15H,3-9H2,1-2H3,(H,13,16)/t10-,11+/m1/s1. The number of aliphatic hydroxyl groups excluding tert-OH is 2. The van der Waals surface area contributed by atoms with Crippen LogP contribution in [-0.4, -0.2) is 34.9 Å². The highest BCUT2D eigenvalue weighted by molar-refractivity contribution is 5.76. The Hall–Kier alpha value is -0.610. The van der Waals surface area contributed by atoms with Crippen molar-refractivity contribution in [1.82, 2.24) is 5.32 Å². The third-order valence-electron chi connectivity index (χ3n) is 2.68. The highest BCUT2D eigenvalue weighted by Gasteiger charge is 2.18. The maximum Gasteiger partial charge on any atom is 0.220 e. The second-order valence-electron chi connectivity index (χ2n) is 4.14. The average molecular weight is 231 g/mol. The van der Waals surface area contributed by atoms with E-state index in [-0.39, 0.29) is 12.5 Å². The van der Waals surface area contributed by atoms with E-state index in [0.29, 0.717) is 12.8 Å². The monoisotopic (exact) mass is 231 g/mol. The molecule has 3 N–H and O–H groups in total. The van der Waals surface area contributed by atoms with Crippen molar-refractivity contribution in [2.24, 2.45) is 0 Å². The van der Waals surface area contributed by atoms with E-state index in [0.717, 1.165) is 25.7 Å². The van der Waals surface area contributed by atoms with Gasteiger partial charge >= 0.3 is 0 Å². The number of carbonyl (C=O) groups excluding carboxylic acids is 1. The molecule has 0 aliphatic rings. The SMILES string of the molecule is CCCCCCC(=O)N[C@H](CO)[C@@H](O)CC. The molecule has 0 aliphatic carbocycles. The number of hydrogen-bond donors (Lipinski definition) is 3. The first-order valence-electron chi connectivity index (χ1n) is 6.23. The molecule has 4 heteroatoms. The van der Waals surface area contributed by atoms with Crippen LogP contribution in [0.3, 0.4) is 0 Å². The lowest BCUT2D eigenvalue weighted by molar-refractivity contribution is -0.123. The van der Waals surface area contributed by atoms with Crippen molar-refractivity contribution in [2.45, 2.75) is 64.5 Å². The zero-order chi connectivity index (χ0) is 12.4. The summed E-state index contributed by atoms with van der Waals surface area (Å²) in [4.78, 5) is 11.5. The van der Waals surface area contributed by atoms with Crippen LogP contribution in [0.15, 0.2) is 0 Å². The molecule has 0 aromatic rings. The molecule has 0 saturated carbocycles. The van der Waals surface area contributed by atoms with Gasteiger partial charge in [-0.25, -0.2) is 0 Å². The topological polar surface area (TPSA) is 69.6 Å². The first-order chi connectivity index (χ1) is 7.65. The van der Waals surface area contributed by atoms with E-state index in [4.69, 9.17) is 5.11 Å². The van der Waals surface area contributed by atoms with Crippen molar-refractivity contribution in [3.05, 3.63) is 0 Å². The van der Waals surface area contributed by atoms with Gasteiger partial charge in [-0.05, 0) is 12.8 Å². The maximum atomic E-state index is 11.5. The lowest BCUT2D eigenvalue weighted by Crippen LogP contribution is -2.45. The van der Waals surface area contributed by atoms with Crippen molar-refractivity contribution in [1.29, 1.82) is 0 Å². The van der Waals surface area contributed by atoms with Gasteiger partial charge < -0.3 is 15.5 Å². The minimum Gasteiger partial charge on any atom is -0.394 e. The van der Waals surface area contributed by atoms with Gasteiger partial charge in [0.15, 0.2) is 0 Å². The van der Waals surface area contributed by atoms with Gasteiger partial charge in [0.1, 0.15) is 0 Å². The van der Waals surface area contributed by atoms with Crippen molar-refractivity contribution < 1.29 is 15.0 Å². The molecular weight excluding hydrogens is 206 g/mol. The number of amides is 1. The fourth-order valence-corrected chi connectivity index (χ4v) is 1.54. The Morgan fingerprint density at radius 3 is 2.44 bits per heavy atom. The lowest BCUT2D eigenvalue weighted by Gasteiger charge is -2.20. The fraction of sp³-hybridized carbons (Fsp3) is 0.917. The van der Waals surface area contributed by atoms with Crippen molar-refractivity contribution in [3.63, 3.8) is 0 Å². The first-order valence-corrected chi connectivity index (χ1v) is 6.23. The summed E-state index contributed by atoms with van der Waals surface area (Å²) in [6.07, 6.45) is 4.58. The normalized spacial score (nSPS) is 14.5. The van der Waals surface area contributed by atoms with Crippen molar-refractivity contribution >= 4 is 5.91 Å². The largest absolute Gasteiger partial charge is 0.394 e. The number of nitrogens with one attached hydrogen (secondary N) is 1. The third kappa shape index (κ3) is 6.80. The van der Waals surface area contributed by atoms with Crippen LogP contribution in [0.5, 0.6) is 0 Å². The maximum absolute atomic E-state index is 11.5. The number of aliphatic hydroxyl groups is 2. The molecule has 16 heavy (non-hydrogen) atoms. The summed E-state index contributed by atoms with van der Waals surface area (Å²) in [7, 11) is 0. The molecule has 0 bridgehead atoms. The van der Waals surface area contributed by atoms with Crippen LogP contribution in [-0.2, 0) is 4.79 Å². The van der Waals surface area contributed by atoms with Gasteiger partial charge in [-0.1, -0.05) is 33.1 Å². The average Bonchev–Trinajstić information content (AvgIpc) is 2.30. The van der Waals surface area contributed by atoms with E-state index in [1.165, 1.54) is 0 Å². The number of hydrogen-bond acceptors (Lipinski definition) is 3. The molecule has 0 unspecified atom stereocenters. The van der Waals surface area contributed by atoms with Gasteiger partial charge in [0.25, 0.3) is 0 Å². The summed E-state index contributed by atoms with van der Waals surface area (Å²) < 4.78 is 0. The summed E-state index contributed by atoms with van der Waals surface area (Å²) in [6.45, 7) is 3.73. The van der Waals surface area contributed by atoms with Crippen LogP contribution >= 0.6 is 0 Å². The Kier molecular flexibility index (Phi) is 9.24. The second kappa shape index (κ2) is 9.60. The predicted octanol–water partition coefficient (Wildman–Crippen LogP) is 1.20. The minimum absolute atomic E-state index is 0.0809. The Balaban J connectivity index is 3.74. The summed E-state index contributed by atoms with van der Waals surface area (Å²) in [6, 6.07) is -0.524. The van der Waals surface area contributed by atoms with Gasteiger partial charge in [0, 0.05) is 6.42 Å². The summed E-state index contributed by atoms with van der Waals surface area (Å²) in [5.74, 6) is -0.0809. The van der Waals surface area contributed by atoms with Crippen molar-refractivity contribution in [3.8, 4) is 0 Å². The quantitative estimate of drug-likeness (QED) is 0.522. The summed E-state index contributed by atoms with van der Waals surface area (Å²) in [5, 5.41) is 21.2. The molecule has 0 fully saturated rings. The zero-order valence-electron chi connectivity index (χ0n) is 10.4. The van der Waals surface area contributed by atoms with Crippen molar-refractivity contribution in [2.75, 3.05) is 6.61 Å². The van der Waals surface area contributed by atoms with Crippen LogP contribution in [0.25, 0.3) is 0 Å². The highest BCUT2D eigenvalue weighted by Crippen LogP contribution is 2.03. The first kappa shape index (κ1) is 15.4. The van der Waals surface area contributed by atoms with Crippen LogP contribution in [0, 0.1) is 0 Å². The number of rotatable bonds is 9. The number of carbonyl (C=O) groups is 1. The van der Waals surface area contributed by atoms with Gasteiger partial charge in [-0.3, -0.25) is 4.79 Å². The fourth-order valence-electron chi connectivity index (χ4n) is 1.54. The molecule has 4 nitrogen and oxygen atoms in total. The Bertz CT molecular complexity index is 185. The molecule has 1 amide bonds. The van der Waals surface area contributed by atoms with E-state index in [1.807, 2.05) is 6.92 Å². The van der Waals surface area contributed by atoms with E-state index in [9.17, 15) is 9.90 Å². The van der Waals surface area contributed by atoms with E-state index in [1.54, 1.807) is 0 Å². The minimum atomic E-state index is -0.662. The van der Waals surface area contributed by atoms with Crippen LogP contribution < -0.4 is 5.32 Å². The Morgan fingerprint density at radius 1 is 1.25 bits per heavy atom. The van der Waals surface area contributed by atoms with E-state index < -0.39 is 12.1 Å². The molecule has 0 radical (unpaired) electrons. The van der Waals surface area contributed by atoms with Gasteiger partial charge in [-0.15, -0.1) is 0 Å². The molecule has 96 valence electrons. The van der Waals surface area contributed by atoms with Crippen LogP contribution in [0.4, 0.5) is 0 Å². The zero-order valence-corrected chi connectivity index (χ0v) is 10.4. The molecule has 0 spiro atoms. The molecule has 0 rings (SSSR count). The highest BCUT2D eigenvalue weighted by atomic mass is 16.3. The smallest absolute Gasteiger partial charge is 0.220 e. The predicted molar refractivity (Wildman–Crippen MR) is 64.1 cm³/mol. The van der Waals surface area contributed by atoms with E-state index >= 15 is 0 Å². The lowest BCUT2D eigenvalue weighted by atomic mass is 10.1. The van der Waals surface area contributed by atoms with Crippen LogP contribution in [0.2, 0.25) is 0 Å². The van der Waals surface area contributed by atoms with Crippen LogP contribution in [0.1, 0.15) is 52.4 Å². The third-order valence-corrected chi connectivity index (χ3v) is 2.68. The molecular formula is C12H25NO3. The summed E-state index contributed by atoms with van der Waals surface area (Å²) in [5.41, 5.74) is 0. The Morgan fingerprint density at radius 2 is 1.94 bits per heavy atom. The van der Waals surface area contributed by atoms with E-state index in [2.05, 4.69) is 12.2 Å².